The normalized spacial score (nSPS) is 12.0. The predicted molar refractivity (Wildman–Crippen MR) is 71.7 cm³/mol. The highest BCUT2D eigenvalue weighted by molar-refractivity contribution is 7.15. The summed E-state index contributed by atoms with van der Waals surface area (Å²) in [6.45, 7) is 0.0704. The van der Waals surface area contributed by atoms with E-state index in [1.165, 1.54) is 0 Å². The predicted octanol–water partition coefficient (Wildman–Crippen LogP) is 4.04. The Bertz CT molecular complexity index is 783. The van der Waals surface area contributed by atoms with Crippen molar-refractivity contribution in [1.82, 2.24) is 14.6 Å². The fourth-order valence-corrected chi connectivity index (χ4v) is 2.65. The lowest BCUT2D eigenvalue weighted by molar-refractivity contribution is -0.144. The molecule has 4 nitrogen and oxygen atoms in total. The summed E-state index contributed by atoms with van der Waals surface area (Å²) < 4.78 is 44.3. The molecule has 0 unspecified atom stereocenters. The largest absolute Gasteiger partial charge is 0.487 e. The van der Waals surface area contributed by atoms with Gasteiger partial charge < -0.3 is 4.74 Å². The van der Waals surface area contributed by atoms with Crippen LogP contribution in [0.3, 0.4) is 0 Å². The molecule has 0 atom stereocenters. The first-order valence-electron chi connectivity index (χ1n) is 5.72. The van der Waals surface area contributed by atoms with Crippen molar-refractivity contribution in [3.8, 4) is 5.75 Å². The summed E-state index contributed by atoms with van der Waals surface area (Å²) in [6, 6.07) is 6.74. The zero-order valence-electron chi connectivity index (χ0n) is 10.3. The minimum atomic E-state index is -4.56. The van der Waals surface area contributed by atoms with E-state index >= 15 is 0 Å². The molecule has 0 bridgehead atoms. The summed E-state index contributed by atoms with van der Waals surface area (Å²) in [5.41, 5.74) is 0.484. The number of hydrogen-bond acceptors (Lipinski definition) is 4. The topological polar surface area (TPSA) is 39.4 Å². The van der Waals surface area contributed by atoms with Gasteiger partial charge in [0.1, 0.15) is 12.4 Å². The van der Waals surface area contributed by atoms with Gasteiger partial charge in [-0.3, -0.25) is 0 Å². The number of rotatable bonds is 3. The van der Waals surface area contributed by atoms with Crippen molar-refractivity contribution in [3.63, 3.8) is 0 Å². The van der Waals surface area contributed by atoms with Crippen LogP contribution in [0.15, 0.2) is 29.6 Å². The van der Waals surface area contributed by atoms with E-state index in [1.54, 1.807) is 29.6 Å². The first-order chi connectivity index (χ1) is 9.93. The molecule has 0 amide bonds. The molecule has 0 aliphatic heterocycles. The van der Waals surface area contributed by atoms with E-state index < -0.39 is 12.0 Å². The SMILES string of the molecule is FC(F)(F)c1nc2scc(COc3cccc(Cl)c3)n2n1. The third-order valence-electron chi connectivity index (χ3n) is 2.59. The van der Waals surface area contributed by atoms with Gasteiger partial charge in [0.15, 0.2) is 0 Å². The Morgan fingerprint density at radius 1 is 1.33 bits per heavy atom. The van der Waals surface area contributed by atoms with Gasteiger partial charge in [0.25, 0.3) is 5.82 Å². The molecule has 3 aromatic rings. The van der Waals surface area contributed by atoms with Crippen LogP contribution in [0.5, 0.6) is 5.75 Å². The summed E-state index contributed by atoms with van der Waals surface area (Å²) in [5.74, 6) is -0.628. The van der Waals surface area contributed by atoms with Crippen molar-refractivity contribution in [2.24, 2.45) is 0 Å². The maximum absolute atomic E-state index is 12.6. The Balaban J connectivity index is 1.82. The number of alkyl halides is 3. The third-order valence-corrected chi connectivity index (χ3v) is 3.69. The zero-order valence-corrected chi connectivity index (χ0v) is 11.8. The minimum absolute atomic E-state index is 0.0704. The minimum Gasteiger partial charge on any atom is -0.487 e. The molecule has 0 radical (unpaired) electrons. The molecule has 2 aromatic heterocycles. The van der Waals surface area contributed by atoms with Crippen LogP contribution in [0.4, 0.5) is 13.2 Å². The Hall–Kier alpha value is -1.80. The number of thiazole rings is 1. The fraction of sp³-hybridized carbons (Fsp3) is 0.167. The van der Waals surface area contributed by atoms with Crippen molar-refractivity contribution < 1.29 is 17.9 Å². The van der Waals surface area contributed by atoms with Crippen LogP contribution < -0.4 is 4.74 Å². The van der Waals surface area contributed by atoms with E-state index in [1.807, 2.05) is 0 Å². The number of benzene rings is 1. The van der Waals surface area contributed by atoms with E-state index in [9.17, 15) is 13.2 Å². The summed E-state index contributed by atoms with van der Waals surface area (Å²) in [5, 5.41) is 5.63. The molecule has 21 heavy (non-hydrogen) atoms. The highest BCUT2D eigenvalue weighted by Gasteiger charge is 2.36. The molecule has 0 fully saturated rings. The van der Waals surface area contributed by atoms with Crippen LogP contribution >= 0.6 is 22.9 Å². The molecule has 0 spiro atoms. The number of nitrogens with zero attached hydrogens (tertiary/aromatic N) is 3. The van der Waals surface area contributed by atoms with E-state index in [0.717, 1.165) is 15.9 Å². The maximum Gasteiger partial charge on any atom is 0.453 e. The van der Waals surface area contributed by atoms with Crippen LogP contribution in [0.1, 0.15) is 11.5 Å². The lowest BCUT2D eigenvalue weighted by Crippen LogP contribution is -2.08. The molecule has 3 rings (SSSR count). The van der Waals surface area contributed by atoms with Crippen molar-refractivity contribution >= 4 is 27.9 Å². The van der Waals surface area contributed by atoms with Crippen LogP contribution in [-0.2, 0) is 12.8 Å². The van der Waals surface area contributed by atoms with Crippen molar-refractivity contribution in [2.45, 2.75) is 12.8 Å². The highest BCUT2D eigenvalue weighted by Crippen LogP contribution is 2.28. The number of halogens is 4. The lowest BCUT2D eigenvalue weighted by atomic mass is 10.3. The molecule has 0 N–H and O–H groups in total. The van der Waals surface area contributed by atoms with Gasteiger partial charge in [-0.05, 0) is 18.2 Å². The van der Waals surface area contributed by atoms with Crippen LogP contribution in [-0.4, -0.2) is 14.6 Å². The van der Waals surface area contributed by atoms with Gasteiger partial charge in [0.05, 0.1) is 5.69 Å². The molecular weight excluding hydrogens is 327 g/mol. The monoisotopic (exact) mass is 333 g/mol. The van der Waals surface area contributed by atoms with Gasteiger partial charge in [-0.2, -0.15) is 18.2 Å². The molecular formula is C12H7ClF3N3OS. The first-order valence-corrected chi connectivity index (χ1v) is 6.98. The standard InChI is InChI=1S/C12H7ClF3N3OS/c13-7-2-1-3-9(4-7)20-5-8-6-21-11-17-10(12(14,15)16)18-19(8)11/h1-4,6H,5H2. The molecule has 0 saturated carbocycles. The molecule has 1 aromatic carbocycles. The molecule has 0 aliphatic carbocycles. The van der Waals surface area contributed by atoms with E-state index in [2.05, 4.69) is 10.1 Å². The van der Waals surface area contributed by atoms with Gasteiger partial charge in [0, 0.05) is 10.4 Å². The maximum atomic E-state index is 12.6. The lowest BCUT2D eigenvalue weighted by Gasteiger charge is -2.05. The Morgan fingerprint density at radius 3 is 2.86 bits per heavy atom. The molecule has 9 heteroatoms. The average Bonchev–Trinajstić information content (AvgIpc) is 2.96. The first kappa shape index (κ1) is 14.2. The fourth-order valence-electron chi connectivity index (χ4n) is 1.66. The van der Waals surface area contributed by atoms with Gasteiger partial charge in [-0.15, -0.1) is 16.4 Å². The van der Waals surface area contributed by atoms with E-state index in [-0.39, 0.29) is 11.6 Å². The Labute approximate surface area is 125 Å². The van der Waals surface area contributed by atoms with Gasteiger partial charge >= 0.3 is 6.18 Å². The van der Waals surface area contributed by atoms with Crippen molar-refractivity contribution in [2.75, 3.05) is 0 Å². The number of fused-ring (bicyclic) bond motifs is 1. The number of aromatic nitrogens is 3. The second-order valence-corrected chi connectivity index (χ2v) is 5.37. The van der Waals surface area contributed by atoms with Crippen LogP contribution in [0, 0.1) is 0 Å². The second kappa shape index (κ2) is 5.19. The Kier molecular flexibility index (Phi) is 3.50. The molecule has 2 heterocycles. The van der Waals surface area contributed by atoms with Crippen molar-refractivity contribution in [3.05, 3.63) is 46.2 Å². The second-order valence-electron chi connectivity index (χ2n) is 4.10. The van der Waals surface area contributed by atoms with Gasteiger partial charge in [0.2, 0.25) is 4.96 Å². The number of ether oxygens (including phenoxy) is 1. The quantitative estimate of drug-likeness (QED) is 0.726. The Morgan fingerprint density at radius 2 is 2.14 bits per heavy atom. The van der Waals surface area contributed by atoms with E-state index in [4.69, 9.17) is 16.3 Å². The third kappa shape index (κ3) is 2.96. The smallest absolute Gasteiger partial charge is 0.453 e. The number of hydrogen-bond donors (Lipinski definition) is 0. The molecule has 0 aliphatic rings. The zero-order chi connectivity index (χ0) is 15.0. The van der Waals surface area contributed by atoms with Crippen molar-refractivity contribution in [1.29, 1.82) is 0 Å². The van der Waals surface area contributed by atoms with E-state index in [0.29, 0.717) is 16.5 Å². The van der Waals surface area contributed by atoms with Gasteiger partial charge in [-0.1, -0.05) is 17.7 Å². The van der Waals surface area contributed by atoms with Gasteiger partial charge in [-0.25, -0.2) is 4.52 Å². The summed E-state index contributed by atoms with van der Waals surface area (Å²) in [6.07, 6.45) is -4.56. The molecule has 0 saturated heterocycles. The average molecular weight is 334 g/mol. The summed E-state index contributed by atoms with van der Waals surface area (Å²) in [7, 11) is 0. The van der Waals surface area contributed by atoms with Crippen LogP contribution in [0.2, 0.25) is 5.02 Å². The summed E-state index contributed by atoms with van der Waals surface area (Å²) >= 11 is 6.90. The van der Waals surface area contributed by atoms with Crippen LogP contribution in [0.25, 0.3) is 4.96 Å². The highest BCUT2D eigenvalue weighted by atomic mass is 35.5. The summed E-state index contributed by atoms with van der Waals surface area (Å²) in [4.78, 5) is 3.62. The molecule has 110 valence electrons.